The summed E-state index contributed by atoms with van der Waals surface area (Å²) in [5.74, 6) is 1.38. The average Bonchev–Trinajstić information content (AvgIpc) is 2.95. The van der Waals surface area contributed by atoms with E-state index in [1.807, 2.05) is 0 Å². The second kappa shape index (κ2) is 6.95. The molecule has 0 aromatic carbocycles. The molecule has 0 spiro atoms. The Balaban J connectivity index is 1.54. The fourth-order valence-corrected chi connectivity index (χ4v) is 2.92. The molecule has 0 amide bonds. The van der Waals surface area contributed by atoms with Gasteiger partial charge in [0.15, 0.2) is 11.5 Å². The Morgan fingerprint density at radius 3 is 2.60 bits per heavy atom. The molecule has 0 bridgehead atoms. The number of aryl methyl sites for hydroxylation is 1. The summed E-state index contributed by atoms with van der Waals surface area (Å²) in [6, 6.07) is 0.549. The van der Waals surface area contributed by atoms with Crippen LogP contribution in [0.3, 0.4) is 0 Å². The maximum Gasteiger partial charge on any atom is 0.433 e. The summed E-state index contributed by atoms with van der Waals surface area (Å²) in [7, 11) is 0. The molecule has 1 fully saturated rings. The summed E-state index contributed by atoms with van der Waals surface area (Å²) in [6.45, 7) is 4.31. The summed E-state index contributed by atoms with van der Waals surface area (Å²) in [6.07, 6.45) is -1.95. The molecule has 136 valence electrons. The zero-order valence-electron chi connectivity index (χ0n) is 13.7. The van der Waals surface area contributed by atoms with E-state index >= 15 is 0 Å². The van der Waals surface area contributed by atoms with E-state index in [1.54, 1.807) is 6.92 Å². The molecule has 0 saturated carbocycles. The van der Waals surface area contributed by atoms with E-state index in [4.69, 9.17) is 4.52 Å². The van der Waals surface area contributed by atoms with Crippen LogP contribution in [0.25, 0.3) is 0 Å². The Morgan fingerprint density at radius 1 is 1.32 bits per heavy atom. The van der Waals surface area contributed by atoms with Crippen LogP contribution in [0.15, 0.2) is 21.7 Å². The summed E-state index contributed by atoms with van der Waals surface area (Å²) in [5, 5.41) is 3.75. The van der Waals surface area contributed by atoms with Gasteiger partial charge < -0.3 is 4.52 Å². The van der Waals surface area contributed by atoms with E-state index in [-0.39, 0.29) is 5.92 Å². The highest BCUT2D eigenvalue weighted by Crippen LogP contribution is 2.26. The van der Waals surface area contributed by atoms with Crippen LogP contribution in [0.1, 0.15) is 30.3 Å². The molecule has 0 unspecified atom stereocenters. The zero-order chi connectivity index (χ0) is 18.0. The van der Waals surface area contributed by atoms with E-state index in [0.717, 1.165) is 32.3 Å². The van der Waals surface area contributed by atoms with Gasteiger partial charge in [0.2, 0.25) is 5.89 Å². The Kier molecular flexibility index (Phi) is 4.89. The number of aromatic nitrogens is 4. The molecule has 1 aliphatic rings. The molecule has 3 heterocycles. The quantitative estimate of drug-likeness (QED) is 0.831. The number of alkyl halides is 3. The van der Waals surface area contributed by atoms with Crippen molar-refractivity contribution in [3.8, 4) is 0 Å². The van der Waals surface area contributed by atoms with E-state index in [9.17, 15) is 18.0 Å². The highest BCUT2D eigenvalue weighted by Gasteiger charge is 2.33. The van der Waals surface area contributed by atoms with Crippen LogP contribution in [0.5, 0.6) is 0 Å². The summed E-state index contributed by atoms with van der Waals surface area (Å²) in [5.41, 5.74) is -1.83. The minimum Gasteiger partial charge on any atom is -0.338 e. The molecule has 1 saturated heterocycles. The number of hydrogen-bond donors (Lipinski definition) is 0. The molecule has 3 rings (SSSR count). The third-order valence-electron chi connectivity index (χ3n) is 4.26. The Hall–Kier alpha value is -2.23. The van der Waals surface area contributed by atoms with Gasteiger partial charge in [0.25, 0.3) is 5.56 Å². The molecule has 0 aliphatic carbocycles. The fraction of sp³-hybridized carbons (Fsp3) is 0.600. The minimum atomic E-state index is -4.60. The number of likely N-dealkylation sites (tertiary alicyclic amines) is 1. The molecule has 1 aliphatic heterocycles. The lowest BCUT2D eigenvalue weighted by atomic mass is 9.96. The van der Waals surface area contributed by atoms with Gasteiger partial charge in [0.05, 0.1) is 12.9 Å². The van der Waals surface area contributed by atoms with Gasteiger partial charge in [-0.2, -0.15) is 18.2 Å². The van der Waals surface area contributed by atoms with Gasteiger partial charge in [-0.05, 0) is 38.8 Å². The van der Waals surface area contributed by atoms with Crippen molar-refractivity contribution in [2.45, 2.75) is 39.0 Å². The van der Waals surface area contributed by atoms with Crippen LogP contribution in [0.2, 0.25) is 0 Å². The van der Waals surface area contributed by atoms with Crippen molar-refractivity contribution < 1.29 is 17.7 Å². The van der Waals surface area contributed by atoms with E-state index < -0.39 is 17.4 Å². The first kappa shape index (κ1) is 17.6. The molecule has 0 atom stereocenters. The molecule has 0 radical (unpaired) electrons. The van der Waals surface area contributed by atoms with Crippen LogP contribution in [0, 0.1) is 12.8 Å². The molecule has 25 heavy (non-hydrogen) atoms. The molecule has 0 N–H and O–H groups in total. The second-order valence-corrected chi connectivity index (χ2v) is 6.22. The van der Waals surface area contributed by atoms with Gasteiger partial charge in [-0.3, -0.25) is 14.3 Å². The van der Waals surface area contributed by atoms with Gasteiger partial charge in [0, 0.05) is 12.6 Å². The van der Waals surface area contributed by atoms with Gasteiger partial charge in [0.1, 0.15) is 0 Å². The number of hydrogen-bond acceptors (Lipinski definition) is 6. The van der Waals surface area contributed by atoms with Crippen molar-refractivity contribution in [3.05, 3.63) is 40.2 Å². The highest BCUT2D eigenvalue weighted by molar-refractivity contribution is 5.03. The Bertz CT molecular complexity index is 778. The smallest absolute Gasteiger partial charge is 0.338 e. The minimum absolute atomic E-state index is 0.219. The maximum absolute atomic E-state index is 12.5. The van der Waals surface area contributed by atoms with Gasteiger partial charge in [-0.1, -0.05) is 5.16 Å². The Labute approximate surface area is 141 Å². The molecule has 10 heteroatoms. The SMILES string of the molecule is Cc1noc(CN2CCC(Cn3cnc(C(F)(F)F)cc3=O)CC2)n1. The van der Waals surface area contributed by atoms with Gasteiger partial charge >= 0.3 is 6.18 Å². The lowest BCUT2D eigenvalue weighted by molar-refractivity contribution is -0.141. The highest BCUT2D eigenvalue weighted by atomic mass is 19.4. The normalized spacial score (nSPS) is 17.1. The van der Waals surface area contributed by atoms with Crippen molar-refractivity contribution >= 4 is 0 Å². The third kappa shape index (κ3) is 4.44. The maximum atomic E-state index is 12.5. The standard InChI is InChI=1S/C15H18F3N5O2/c1-10-20-13(25-21-10)8-22-4-2-11(3-5-22)7-23-9-19-12(6-14(23)24)15(16,17)18/h6,9,11H,2-5,7-8H2,1H3. The first-order valence-electron chi connectivity index (χ1n) is 7.96. The molecule has 2 aromatic heterocycles. The average molecular weight is 357 g/mol. The van der Waals surface area contributed by atoms with E-state index in [1.165, 1.54) is 4.57 Å². The number of nitrogens with zero attached hydrogens (tertiary/aromatic N) is 5. The van der Waals surface area contributed by atoms with Crippen molar-refractivity contribution in [2.75, 3.05) is 13.1 Å². The molecular formula is C15H18F3N5O2. The largest absolute Gasteiger partial charge is 0.433 e. The summed E-state index contributed by atoms with van der Waals surface area (Å²) < 4.78 is 44.0. The van der Waals surface area contributed by atoms with Crippen LogP contribution >= 0.6 is 0 Å². The van der Waals surface area contributed by atoms with Crippen LogP contribution in [-0.4, -0.2) is 37.7 Å². The summed E-state index contributed by atoms with van der Waals surface area (Å²) in [4.78, 5) is 21.5. The fourth-order valence-electron chi connectivity index (χ4n) is 2.92. The van der Waals surface area contributed by atoms with Crippen molar-refractivity contribution in [1.82, 2.24) is 24.6 Å². The molecular weight excluding hydrogens is 339 g/mol. The first-order valence-corrected chi connectivity index (χ1v) is 7.96. The van der Waals surface area contributed by atoms with Gasteiger partial charge in [-0.15, -0.1) is 0 Å². The number of piperidine rings is 1. The van der Waals surface area contributed by atoms with Crippen molar-refractivity contribution in [1.29, 1.82) is 0 Å². The van der Waals surface area contributed by atoms with Gasteiger partial charge in [-0.25, -0.2) is 4.98 Å². The third-order valence-corrected chi connectivity index (χ3v) is 4.26. The molecule has 7 nitrogen and oxygen atoms in total. The van der Waals surface area contributed by atoms with E-state index in [2.05, 4.69) is 20.0 Å². The molecule has 2 aromatic rings. The Morgan fingerprint density at radius 2 is 2.04 bits per heavy atom. The topological polar surface area (TPSA) is 77.0 Å². The van der Waals surface area contributed by atoms with Crippen molar-refractivity contribution in [2.24, 2.45) is 5.92 Å². The van der Waals surface area contributed by atoms with Crippen molar-refractivity contribution in [3.63, 3.8) is 0 Å². The first-order chi connectivity index (χ1) is 11.8. The summed E-state index contributed by atoms with van der Waals surface area (Å²) >= 11 is 0. The van der Waals surface area contributed by atoms with Crippen LogP contribution < -0.4 is 5.56 Å². The number of rotatable bonds is 4. The predicted octanol–water partition coefficient (Wildman–Crippen LogP) is 1.87. The van der Waals surface area contributed by atoms with E-state index in [0.29, 0.717) is 30.9 Å². The predicted molar refractivity (Wildman–Crippen MR) is 80.5 cm³/mol. The number of halogens is 3. The second-order valence-electron chi connectivity index (χ2n) is 6.22. The lowest BCUT2D eigenvalue weighted by Gasteiger charge is -2.31. The zero-order valence-corrected chi connectivity index (χ0v) is 13.7. The van der Waals surface area contributed by atoms with Crippen LogP contribution in [0.4, 0.5) is 13.2 Å². The van der Waals surface area contributed by atoms with Crippen LogP contribution in [-0.2, 0) is 19.3 Å². The lowest BCUT2D eigenvalue weighted by Crippen LogP contribution is -2.36. The monoisotopic (exact) mass is 357 g/mol.